The van der Waals surface area contributed by atoms with Gasteiger partial charge in [0.25, 0.3) is 0 Å². The Kier molecular flexibility index (Phi) is 5.81. The van der Waals surface area contributed by atoms with Crippen LogP contribution in [0.5, 0.6) is 0 Å². The number of aromatic amines is 1. The lowest BCUT2D eigenvalue weighted by molar-refractivity contribution is -0.387. The molecule has 0 saturated heterocycles. The van der Waals surface area contributed by atoms with E-state index in [0.717, 1.165) is 11.6 Å². The van der Waals surface area contributed by atoms with E-state index in [-0.39, 0.29) is 0 Å². The third-order valence-electron chi connectivity index (χ3n) is 5.05. The highest BCUT2D eigenvalue weighted by Crippen LogP contribution is 2.26. The molecule has 2 aromatic heterocycles. The predicted octanol–water partition coefficient (Wildman–Crippen LogP) is 5.95. The summed E-state index contributed by atoms with van der Waals surface area (Å²) in [5.74, 6) is -1.63. The van der Waals surface area contributed by atoms with E-state index in [2.05, 4.69) is 4.98 Å². The molecule has 166 valence electrons. The van der Waals surface area contributed by atoms with Crippen molar-refractivity contribution in [1.29, 1.82) is 0 Å². The Morgan fingerprint density at radius 3 is 2.12 bits per heavy atom. The summed E-state index contributed by atoms with van der Waals surface area (Å²) in [5.41, 5.74) is 1.31. The second kappa shape index (κ2) is 8.87. The second-order valence-corrected chi connectivity index (χ2v) is 7.17. The molecule has 0 unspecified atom stereocenters. The number of nitrogens with one attached hydrogen (secondary N) is 1. The molecular weight excluding hydrogens is 434 g/mol. The predicted molar refractivity (Wildman–Crippen MR) is 119 cm³/mol. The molecule has 0 amide bonds. The first-order valence-corrected chi connectivity index (χ1v) is 9.71. The molecule has 0 aliphatic carbocycles. The smallest absolute Gasteiger partial charge is 0.305 e. The average molecular weight is 450 g/mol. The Morgan fingerprint density at radius 2 is 1.45 bits per heavy atom. The van der Waals surface area contributed by atoms with Crippen molar-refractivity contribution in [2.45, 2.75) is 6.54 Å². The molecule has 0 atom stereocenters. The van der Waals surface area contributed by atoms with Gasteiger partial charge in [0, 0.05) is 59.5 Å². The summed E-state index contributed by atoms with van der Waals surface area (Å²) in [4.78, 5) is 22.4. The first-order valence-electron chi connectivity index (χ1n) is 9.71. The molecule has 0 aliphatic rings. The van der Waals surface area contributed by atoms with E-state index >= 15 is 0 Å². The maximum atomic E-state index is 13.7. The molecular formula is C23H16F2N4O4. The van der Waals surface area contributed by atoms with Crippen LogP contribution in [0.2, 0.25) is 0 Å². The van der Waals surface area contributed by atoms with Gasteiger partial charge >= 0.3 is 11.4 Å². The molecule has 0 bridgehead atoms. The van der Waals surface area contributed by atoms with Crippen LogP contribution in [-0.2, 0) is 6.54 Å². The first-order chi connectivity index (χ1) is 15.8. The van der Waals surface area contributed by atoms with Crippen molar-refractivity contribution in [2.75, 3.05) is 0 Å². The van der Waals surface area contributed by atoms with Crippen molar-refractivity contribution in [3.63, 3.8) is 0 Å². The Morgan fingerprint density at radius 1 is 0.818 bits per heavy atom. The van der Waals surface area contributed by atoms with Crippen LogP contribution in [0, 0.1) is 31.9 Å². The van der Waals surface area contributed by atoms with Crippen molar-refractivity contribution >= 4 is 33.2 Å². The van der Waals surface area contributed by atoms with Crippen LogP contribution >= 0.6 is 0 Å². The van der Waals surface area contributed by atoms with Gasteiger partial charge in [-0.2, -0.15) is 8.78 Å². The topological polar surface area (TPSA) is 107 Å². The van der Waals surface area contributed by atoms with Gasteiger partial charge in [-0.15, -0.1) is 0 Å². The van der Waals surface area contributed by atoms with Gasteiger partial charge in [-0.3, -0.25) is 20.2 Å². The summed E-state index contributed by atoms with van der Waals surface area (Å²) in [6.07, 6.45) is 3.41. The highest BCUT2D eigenvalue weighted by Gasteiger charge is 2.17. The third-order valence-corrected chi connectivity index (χ3v) is 5.05. The zero-order valence-corrected chi connectivity index (χ0v) is 16.9. The summed E-state index contributed by atoms with van der Waals surface area (Å²) in [5, 5.41) is 22.4. The Bertz CT molecular complexity index is 1480. The maximum Gasteiger partial charge on any atom is 0.305 e. The molecule has 2 heterocycles. The number of fused-ring (bicyclic) bond motifs is 2. The zero-order valence-electron chi connectivity index (χ0n) is 16.9. The SMILES string of the molecule is O=[N+]([O-])c1cc2cc[nH]c2cc1F.O=[N+]([O-])c1cc2ccn(Cc3ccccc3)c2cc1F. The number of halogens is 2. The number of rotatable bonds is 4. The van der Waals surface area contributed by atoms with E-state index in [4.69, 9.17) is 0 Å². The number of aromatic nitrogens is 2. The number of hydrogen-bond donors (Lipinski definition) is 1. The molecule has 0 saturated carbocycles. The van der Waals surface area contributed by atoms with E-state index in [0.29, 0.717) is 28.4 Å². The normalized spacial score (nSPS) is 10.7. The fraction of sp³-hybridized carbons (Fsp3) is 0.0435. The first kappa shape index (κ1) is 21.6. The van der Waals surface area contributed by atoms with Gasteiger partial charge in [0.15, 0.2) is 0 Å². The summed E-state index contributed by atoms with van der Waals surface area (Å²) in [6.45, 7) is 0.599. The molecule has 33 heavy (non-hydrogen) atoms. The van der Waals surface area contributed by atoms with Gasteiger partial charge in [0.1, 0.15) is 0 Å². The number of nitro benzene ring substituents is 2. The number of nitro groups is 2. The van der Waals surface area contributed by atoms with Gasteiger partial charge in [-0.1, -0.05) is 30.3 Å². The maximum absolute atomic E-state index is 13.7. The van der Waals surface area contributed by atoms with Gasteiger partial charge in [0.05, 0.1) is 15.4 Å². The Labute approximate surface area is 185 Å². The minimum Gasteiger partial charge on any atom is -0.361 e. The molecule has 8 nitrogen and oxygen atoms in total. The summed E-state index contributed by atoms with van der Waals surface area (Å²) in [7, 11) is 0. The molecule has 3 aromatic carbocycles. The number of benzene rings is 3. The van der Waals surface area contributed by atoms with Crippen molar-refractivity contribution < 1.29 is 18.6 Å². The molecule has 5 rings (SSSR count). The Balaban J connectivity index is 0.000000172. The molecule has 0 aliphatic heterocycles. The number of H-pyrrole nitrogens is 1. The third kappa shape index (κ3) is 4.54. The van der Waals surface area contributed by atoms with E-state index in [1.165, 1.54) is 18.2 Å². The van der Waals surface area contributed by atoms with Crippen molar-refractivity contribution in [3.8, 4) is 0 Å². The lowest BCUT2D eigenvalue weighted by Gasteiger charge is -2.05. The van der Waals surface area contributed by atoms with Crippen molar-refractivity contribution in [3.05, 3.63) is 117 Å². The monoisotopic (exact) mass is 450 g/mol. The molecule has 5 aromatic rings. The molecule has 10 heteroatoms. The standard InChI is InChI=1S/C15H11FN2O2.C8H5FN2O2/c16-13-9-14-12(8-15(13)18(19)20)6-7-17(14)10-11-4-2-1-3-5-11;9-6-4-7-5(1-2-10-7)3-8(6)11(12)13/h1-9H,10H2;1-4,10H. The van der Waals surface area contributed by atoms with Crippen LogP contribution in [0.25, 0.3) is 21.8 Å². The van der Waals surface area contributed by atoms with Crippen LogP contribution in [0.4, 0.5) is 20.2 Å². The van der Waals surface area contributed by atoms with E-state index in [1.807, 2.05) is 34.9 Å². The van der Waals surface area contributed by atoms with Crippen LogP contribution in [0.1, 0.15) is 5.56 Å². The van der Waals surface area contributed by atoms with Gasteiger partial charge < -0.3 is 9.55 Å². The van der Waals surface area contributed by atoms with Gasteiger partial charge in [-0.05, 0) is 17.7 Å². The fourth-order valence-electron chi connectivity index (χ4n) is 3.46. The average Bonchev–Trinajstić information content (AvgIpc) is 3.40. The van der Waals surface area contributed by atoms with Crippen LogP contribution in [0.3, 0.4) is 0 Å². The Hall–Kier alpha value is -4.60. The highest BCUT2D eigenvalue weighted by molar-refractivity contribution is 5.83. The lowest BCUT2D eigenvalue weighted by atomic mass is 10.2. The quantitative estimate of drug-likeness (QED) is 0.270. The zero-order chi connectivity index (χ0) is 23.5. The molecule has 0 fully saturated rings. The van der Waals surface area contributed by atoms with Crippen LogP contribution < -0.4 is 0 Å². The lowest BCUT2D eigenvalue weighted by Crippen LogP contribution is -1.98. The summed E-state index contributed by atoms with van der Waals surface area (Å²) >= 11 is 0. The highest BCUT2D eigenvalue weighted by atomic mass is 19.1. The molecule has 0 spiro atoms. The molecule has 1 N–H and O–H groups in total. The van der Waals surface area contributed by atoms with Crippen LogP contribution in [0.15, 0.2) is 79.1 Å². The molecule has 0 radical (unpaired) electrons. The van der Waals surface area contributed by atoms with Crippen LogP contribution in [-0.4, -0.2) is 19.4 Å². The van der Waals surface area contributed by atoms with Crippen molar-refractivity contribution in [1.82, 2.24) is 9.55 Å². The van der Waals surface area contributed by atoms with Gasteiger partial charge in [0.2, 0.25) is 11.6 Å². The van der Waals surface area contributed by atoms with E-state index < -0.39 is 32.9 Å². The van der Waals surface area contributed by atoms with E-state index in [1.54, 1.807) is 24.5 Å². The minimum atomic E-state index is -0.819. The summed E-state index contributed by atoms with van der Waals surface area (Å²) in [6, 6.07) is 18.0. The second-order valence-electron chi connectivity index (χ2n) is 7.17. The van der Waals surface area contributed by atoms with Crippen molar-refractivity contribution in [2.24, 2.45) is 0 Å². The van der Waals surface area contributed by atoms with Gasteiger partial charge in [-0.25, -0.2) is 0 Å². The number of hydrogen-bond acceptors (Lipinski definition) is 4. The van der Waals surface area contributed by atoms with E-state index in [9.17, 15) is 29.0 Å². The number of nitrogens with zero attached hydrogens (tertiary/aromatic N) is 3. The fourth-order valence-corrected chi connectivity index (χ4v) is 3.46. The minimum absolute atomic E-state index is 0.491. The largest absolute Gasteiger partial charge is 0.361 e. The summed E-state index contributed by atoms with van der Waals surface area (Å²) < 4.78 is 28.6.